The lowest BCUT2D eigenvalue weighted by atomic mass is 9.63. The highest BCUT2D eigenvalue weighted by molar-refractivity contribution is 6.76. The number of halogens is 1. The van der Waals surface area contributed by atoms with Gasteiger partial charge in [0, 0.05) is 49.8 Å². The average molecular weight is 694 g/mol. The molecule has 0 aromatic carbocycles. The molecule has 3 aromatic heterocycles. The SMILES string of the molecule is CCn1ncc(C(C(=O)Nc2ncc(-c3c(C)nn(COCC[Si](C)(C)C)c3C)cc2F)C(C2CCCCC2)C2CCCCC2)c1C(N)=O. The molecule has 2 amide bonds. The van der Waals surface area contributed by atoms with Crippen LogP contribution in [-0.4, -0.2) is 51.0 Å². The fraction of sp³-hybridized carbons (Fsp3) is 0.649. The van der Waals surface area contributed by atoms with Gasteiger partial charge in [-0.1, -0.05) is 83.8 Å². The quantitative estimate of drug-likeness (QED) is 0.131. The second-order valence-corrected chi connectivity index (χ2v) is 21.0. The number of pyridine rings is 1. The van der Waals surface area contributed by atoms with Gasteiger partial charge in [-0.3, -0.25) is 14.3 Å². The van der Waals surface area contributed by atoms with Crippen LogP contribution < -0.4 is 11.1 Å². The summed E-state index contributed by atoms with van der Waals surface area (Å²) in [6.07, 6.45) is 14.2. The van der Waals surface area contributed by atoms with Crippen LogP contribution >= 0.6 is 0 Å². The van der Waals surface area contributed by atoms with E-state index in [2.05, 4.69) is 40.1 Å². The van der Waals surface area contributed by atoms with Gasteiger partial charge in [0.25, 0.3) is 5.91 Å². The molecule has 1 unspecified atom stereocenters. The summed E-state index contributed by atoms with van der Waals surface area (Å²) in [4.78, 5) is 31.9. The molecular weight excluding hydrogens is 638 g/mol. The van der Waals surface area contributed by atoms with E-state index in [1.807, 2.05) is 20.8 Å². The molecule has 3 aromatic rings. The molecule has 12 heteroatoms. The molecular formula is C37H56FN7O3Si. The third-order valence-corrected chi connectivity index (χ3v) is 12.5. The molecule has 2 saturated carbocycles. The lowest BCUT2D eigenvalue weighted by Gasteiger charge is -2.41. The predicted molar refractivity (Wildman–Crippen MR) is 193 cm³/mol. The molecule has 0 saturated heterocycles. The standard InChI is InChI=1S/C37H56FN7O3Si/c1-7-44-34(35(39)46)29(22-41-44)33(32(26-14-10-8-11-15-26)27-16-12-9-13-17-27)37(47)42-36-30(38)20-28(21-40-36)31-24(2)43-45(25(31)3)23-48-18-19-49(4,5)6/h20-22,26-27,32-33H,7-19,23H2,1-6H3,(H2,39,46)(H,40,42,47). The van der Waals surface area contributed by atoms with Crippen LogP contribution in [0.1, 0.15) is 104 Å². The maximum absolute atomic E-state index is 16.0. The minimum absolute atomic E-state index is 0.0142. The number of anilines is 1. The van der Waals surface area contributed by atoms with Gasteiger partial charge >= 0.3 is 0 Å². The monoisotopic (exact) mass is 693 g/mol. The Hall–Kier alpha value is -3.38. The van der Waals surface area contributed by atoms with Gasteiger partial charge in [0.05, 0.1) is 17.8 Å². The van der Waals surface area contributed by atoms with Crippen molar-refractivity contribution >= 4 is 25.7 Å². The second-order valence-electron chi connectivity index (χ2n) is 15.4. The molecule has 0 aliphatic heterocycles. The molecule has 5 rings (SSSR count). The third-order valence-electron chi connectivity index (χ3n) is 10.8. The number of carbonyl (C=O) groups is 2. The first kappa shape index (κ1) is 36.9. The van der Waals surface area contributed by atoms with E-state index in [1.165, 1.54) is 18.9 Å². The molecule has 2 aliphatic carbocycles. The van der Waals surface area contributed by atoms with Crippen molar-refractivity contribution in [2.45, 2.75) is 130 Å². The fourth-order valence-electron chi connectivity index (χ4n) is 8.26. The maximum Gasteiger partial charge on any atom is 0.267 e. The van der Waals surface area contributed by atoms with Crippen LogP contribution in [0.2, 0.25) is 25.7 Å². The first-order valence-electron chi connectivity index (χ1n) is 18.3. The Morgan fingerprint density at radius 2 is 1.65 bits per heavy atom. The molecule has 3 heterocycles. The number of nitrogens with zero attached hydrogens (tertiary/aromatic N) is 5. The summed E-state index contributed by atoms with van der Waals surface area (Å²) in [6, 6.07) is 2.48. The molecule has 3 N–H and O–H groups in total. The number of primary amides is 1. The minimum Gasteiger partial charge on any atom is -0.364 e. The Balaban J connectivity index is 1.45. The molecule has 0 bridgehead atoms. The van der Waals surface area contributed by atoms with Crippen LogP contribution in [0.3, 0.4) is 0 Å². The summed E-state index contributed by atoms with van der Waals surface area (Å²) in [7, 11) is -1.21. The van der Waals surface area contributed by atoms with Crippen molar-refractivity contribution in [3.63, 3.8) is 0 Å². The second kappa shape index (κ2) is 16.1. The number of hydrogen-bond donors (Lipinski definition) is 2. The number of nitrogens with one attached hydrogen (secondary N) is 1. The predicted octanol–water partition coefficient (Wildman–Crippen LogP) is 7.83. The zero-order valence-corrected chi connectivity index (χ0v) is 31.4. The van der Waals surface area contributed by atoms with Gasteiger partial charge in [0.1, 0.15) is 12.4 Å². The van der Waals surface area contributed by atoms with E-state index < -0.39 is 25.7 Å². The van der Waals surface area contributed by atoms with Crippen LogP contribution in [0.4, 0.5) is 10.2 Å². The Morgan fingerprint density at radius 3 is 2.20 bits per heavy atom. The van der Waals surface area contributed by atoms with Gasteiger partial charge < -0.3 is 15.8 Å². The van der Waals surface area contributed by atoms with Gasteiger partial charge in [0.2, 0.25) is 5.91 Å². The molecule has 49 heavy (non-hydrogen) atoms. The van der Waals surface area contributed by atoms with E-state index in [0.29, 0.717) is 42.8 Å². The van der Waals surface area contributed by atoms with Crippen molar-refractivity contribution in [2.24, 2.45) is 23.5 Å². The van der Waals surface area contributed by atoms with Gasteiger partial charge in [-0.2, -0.15) is 10.2 Å². The third kappa shape index (κ3) is 8.68. The van der Waals surface area contributed by atoms with Gasteiger partial charge in [-0.25, -0.2) is 14.1 Å². The van der Waals surface area contributed by atoms with Gasteiger partial charge in [0.15, 0.2) is 11.6 Å². The smallest absolute Gasteiger partial charge is 0.267 e. The van der Waals surface area contributed by atoms with E-state index in [9.17, 15) is 9.59 Å². The van der Waals surface area contributed by atoms with E-state index in [0.717, 1.165) is 74.4 Å². The van der Waals surface area contributed by atoms with Gasteiger partial charge in [-0.15, -0.1) is 0 Å². The van der Waals surface area contributed by atoms with Crippen molar-refractivity contribution in [2.75, 3.05) is 11.9 Å². The van der Waals surface area contributed by atoms with E-state index in [4.69, 9.17) is 10.5 Å². The summed E-state index contributed by atoms with van der Waals surface area (Å²) in [5, 5.41) is 12.0. The Labute approximate surface area is 291 Å². The minimum atomic E-state index is -1.21. The highest BCUT2D eigenvalue weighted by Crippen LogP contribution is 2.48. The number of ether oxygens (including phenoxy) is 1. The highest BCUT2D eigenvalue weighted by Gasteiger charge is 2.43. The van der Waals surface area contributed by atoms with Crippen molar-refractivity contribution in [3.05, 3.63) is 46.9 Å². The summed E-state index contributed by atoms with van der Waals surface area (Å²) in [6.45, 7) is 14.1. The lowest BCUT2D eigenvalue weighted by molar-refractivity contribution is -0.120. The summed E-state index contributed by atoms with van der Waals surface area (Å²) >= 11 is 0. The van der Waals surface area contributed by atoms with Crippen molar-refractivity contribution in [1.29, 1.82) is 0 Å². The molecule has 2 fully saturated rings. The topological polar surface area (TPSA) is 130 Å². The van der Waals surface area contributed by atoms with Gasteiger partial charge in [-0.05, 0) is 50.6 Å². The summed E-state index contributed by atoms with van der Waals surface area (Å²) in [5.41, 5.74) is 9.72. The lowest BCUT2D eigenvalue weighted by Crippen LogP contribution is -2.39. The van der Waals surface area contributed by atoms with Crippen LogP contribution in [0, 0.1) is 37.4 Å². The number of aromatic nitrogens is 5. The number of carbonyl (C=O) groups excluding carboxylic acids is 2. The molecule has 268 valence electrons. The largest absolute Gasteiger partial charge is 0.364 e. The Kier molecular flexibility index (Phi) is 12.1. The van der Waals surface area contributed by atoms with Crippen molar-refractivity contribution in [1.82, 2.24) is 24.5 Å². The first-order chi connectivity index (χ1) is 23.4. The highest BCUT2D eigenvalue weighted by atomic mass is 28.3. The van der Waals surface area contributed by atoms with E-state index >= 15 is 4.39 Å². The number of nitrogens with two attached hydrogens (primary N) is 1. The Bertz CT molecular complexity index is 1580. The molecule has 0 spiro atoms. The van der Waals surface area contributed by atoms with Crippen molar-refractivity contribution < 1.29 is 18.7 Å². The number of amides is 2. The van der Waals surface area contributed by atoms with Crippen LogP contribution in [0.15, 0.2) is 18.5 Å². The zero-order valence-electron chi connectivity index (χ0n) is 30.4. The number of hydrogen-bond acceptors (Lipinski definition) is 6. The number of aryl methyl sites for hydroxylation is 2. The molecule has 1 atom stereocenters. The molecule has 10 nitrogen and oxygen atoms in total. The summed E-state index contributed by atoms with van der Waals surface area (Å²) in [5.74, 6) is -1.83. The van der Waals surface area contributed by atoms with Crippen LogP contribution in [0.25, 0.3) is 11.1 Å². The zero-order chi connectivity index (χ0) is 35.3. The fourth-order valence-corrected chi connectivity index (χ4v) is 9.01. The Morgan fingerprint density at radius 1 is 1.02 bits per heavy atom. The normalized spacial score (nSPS) is 17.1. The van der Waals surface area contributed by atoms with Crippen molar-refractivity contribution in [3.8, 4) is 11.1 Å². The summed E-state index contributed by atoms with van der Waals surface area (Å²) < 4.78 is 25.3. The maximum atomic E-state index is 16.0. The molecule has 2 aliphatic rings. The van der Waals surface area contributed by atoms with Crippen LogP contribution in [0.5, 0.6) is 0 Å². The van der Waals surface area contributed by atoms with E-state index in [-0.39, 0.29) is 23.3 Å². The molecule has 0 radical (unpaired) electrons. The van der Waals surface area contributed by atoms with Crippen LogP contribution in [-0.2, 0) is 22.8 Å². The number of rotatable bonds is 14. The average Bonchev–Trinajstić information content (AvgIpc) is 3.62. The first-order valence-corrected chi connectivity index (χ1v) is 22.0. The van der Waals surface area contributed by atoms with E-state index in [1.54, 1.807) is 21.8 Å².